The second kappa shape index (κ2) is 7.46. The maximum absolute atomic E-state index is 12.5. The smallest absolute Gasteiger partial charge is 0.226 e. The van der Waals surface area contributed by atoms with E-state index >= 15 is 0 Å². The molecular weight excluding hydrogens is 366 g/mol. The van der Waals surface area contributed by atoms with Gasteiger partial charge in [0.05, 0.1) is 24.3 Å². The van der Waals surface area contributed by atoms with Crippen LogP contribution in [-0.2, 0) is 23.1 Å². The molecule has 0 spiro atoms. The van der Waals surface area contributed by atoms with Crippen LogP contribution in [0.15, 0.2) is 35.1 Å². The van der Waals surface area contributed by atoms with Gasteiger partial charge in [0.15, 0.2) is 0 Å². The van der Waals surface area contributed by atoms with E-state index in [4.69, 9.17) is 0 Å². The molecule has 2 aromatic heterocycles. The van der Waals surface area contributed by atoms with Crippen LogP contribution >= 0.6 is 0 Å². The third-order valence-corrected chi connectivity index (χ3v) is 5.57. The average Bonchev–Trinajstić information content (AvgIpc) is 3.28. The van der Waals surface area contributed by atoms with Crippen molar-refractivity contribution in [1.29, 1.82) is 0 Å². The van der Waals surface area contributed by atoms with Crippen LogP contribution in [0.4, 0.5) is 0 Å². The highest BCUT2D eigenvalue weighted by Gasteiger charge is 2.26. The van der Waals surface area contributed by atoms with Crippen LogP contribution in [0.5, 0.6) is 0 Å². The average molecular weight is 393 g/mol. The number of hydrogen-bond acceptors (Lipinski definition) is 5. The monoisotopic (exact) mass is 393 g/mol. The number of carbonyl (C=O) groups excluding carboxylic acids is 1. The Kier molecular flexibility index (Phi) is 4.98. The molecule has 3 aromatic rings. The molecule has 152 valence electrons. The molecule has 0 bridgehead atoms. The Bertz CT molecular complexity index is 1010. The SMILES string of the molecule is Cc1nonc1CC(=O)N[C@@H]1CCCc2c1cnn2-c1ccc(C(C)(C)C)cc1. The second-order valence-corrected chi connectivity index (χ2v) is 8.74. The van der Waals surface area contributed by atoms with E-state index in [0.717, 1.165) is 30.5 Å². The van der Waals surface area contributed by atoms with Gasteiger partial charge in [-0.15, -0.1) is 0 Å². The molecule has 0 fully saturated rings. The van der Waals surface area contributed by atoms with Crippen LogP contribution in [0.25, 0.3) is 5.69 Å². The van der Waals surface area contributed by atoms with E-state index in [9.17, 15) is 4.79 Å². The number of aryl methyl sites for hydroxylation is 1. The maximum Gasteiger partial charge on any atom is 0.226 e. The first-order valence-corrected chi connectivity index (χ1v) is 10.1. The van der Waals surface area contributed by atoms with E-state index in [1.807, 2.05) is 10.9 Å². The highest BCUT2D eigenvalue weighted by molar-refractivity contribution is 5.78. The predicted molar refractivity (Wildman–Crippen MR) is 109 cm³/mol. The number of nitrogens with zero attached hydrogens (tertiary/aromatic N) is 4. The van der Waals surface area contributed by atoms with E-state index in [-0.39, 0.29) is 23.8 Å². The van der Waals surface area contributed by atoms with Crippen LogP contribution in [0, 0.1) is 6.92 Å². The molecule has 1 atom stereocenters. The summed E-state index contributed by atoms with van der Waals surface area (Å²) < 4.78 is 6.69. The molecule has 1 N–H and O–H groups in total. The Hall–Kier alpha value is -2.96. The number of aromatic nitrogens is 4. The van der Waals surface area contributed by atoms with Crippen LogP contribution in [0.2, 0.25) is 0 Å². The van der Waals surface area contributed by atoms with Crippen molar-refractivity contribution in [2.24, 2.45) is 0 Å². The standard InChI is InChI=1S/C22H27N5O2/c1-14-19(26-29-25-14)12-21(28)24-18-6-5-7-20-17(18)13-23-27(20)16-10-8-15(9-11-16)22(2,3)4/h8-11,13,18H,5-7,12H2,1-4H3,(H,24,28)/t18-/m1/s1. The Balaban J connectivity index is 1.53. The lowest BCUT2D eigenvalue weighted by Gasteiger charge is -2.24. The summed E-state index contributed by atoms with van der Waals surface area (Å²) >= 11 is 0. The van der Waals surface area contributed by atoms with E-state index in [2.05, 4.69) is 70.4 Å². The fourth-order valence-corrected chi connectivity index (χ4v) is 3.84. The van der Waals surface area contributed by atoms with Crippen molar-refractivity contribution in [2.75, 3.05) is 0 Å². The Morgan fingerprint density at radius 2 is 2.00 bits per heavy atom. The molecule has 7 heteroatoms. The third-order valence-electron chi connectivity index (χ3n) is 5.57. The van der Waals surface area contributed by atoms with Gasteiger partial charge < -0.3 is 5.32 Å². The van der Waals surface area contributed by atoms with E-state index in [1.165, 1.54) is 11.3 Å². The van der Waals surface area contributed by atoms with Gasteiger partial charge in [-0.1, -0.05) is 43.2 Å². The van der Waals surface area contributed by atoms with Crippen molar-refractivity contribution >= 4 is 5.91 Å². The molecule has 1 aliphatic rings. The zero-order valence-electron chi connectivity index (χ0n) is 17.4. The van der Waals surface area contributed by atoms with Crippen molar-refractivity contribution < 1.29 is 9.42 Å². The molecular formula is C22H27N5O2. The molecule has 1 aliphatic carbocycles. The van der Waals surface area contributed by atoms with Crippen molar-refractivity contribution in [2.45, 2.75) is 64.8 Å². The normalized spacial score (nSPS) is 16.5. The second-order valence-electron chi connectivity index (χ2n) is 8.74. The molecule has 29 heavy (non-hydrogen) atoms. The molecule has 1 amide bonds. The van der Waals surface area contributed by atoms with Crippen LogP contribution < -0.4 is 5.32 Å². The summed E-state index contributed by atoms with van der Waals surface area (Å²) in [5.41, 5.74) is 5.96. The lowest BCUT2D eigenvalue weighted by atomic mass is 9.87. The summed E-state index contributed by atoms with van der Waals surface area (Å²) in [6, 6.07) is 8.54. The Morgan fingerprint density at radius 1 is 1.24 bits per heavy atom. The van der Waals surface area contributed by atoms with Crippen LogP contribution in [0.3, 0.4) is 0 Å². The molecule has 0 unspecified atom stereocenters. The number of hydrogen-bond donors (Lipinski definition) is 1. The maximum atomic E-state index is 12.5. The zero-order chi connectivity index (χ0) is 20.6. The first kappa shape index (κ1) is 19.4. The van der Waals surface area contributed by atoms with Gasteiger partial charge in [0, 0.05) is 11.3 Å². The van der Waals surface area contributed by atoms with Gasteiger partial charge in [-0.05, 0) is 49.3 Å². The highest BCUT2D eigenvalue weighted by Crippen LogP contribution is 2.31. The van der Waals surface area contributed by atoms with Crippen molar-refractivity contribution in [3.05, 3.63) is 58.7 Å². The molecule has 0 radical (unpaired) electrons. The van der Waals surface area contributed by atoms with E-state index < -0.39 is 0 Å². The molecule has 7 nitrogen and oxygen atoms in total. The van der Waals surface area contributed by atoms with Crippen LogP contribution in [0.1, 0.15) is 67.9 Å². The van der Waals surface area contributed by atoms with Gasteiger partial charge in [-0.2, -0.15) is 5.10 Å². The number of carbonyl (C=O) groups is 1. The Labute approximate surface area is 170 Å². The number of amides is 1. The number of benzene rings is 1. The molecule has 1 aromatic carbocycles. The predicted octanol–water partition coefficient (Wildman–Crippen LogP) is 3.60. The van der Waals surface area contributed by atoms with Gasteiger partial charge in [0.25, 0.3) is 0 Å². The summed E-state index contributed by atoms with van der Waals surface area (Å²) in [7, 11) is 0. The first-order chi connectivity index (χ1) is 13.8. The van der Waals surface area contributed by atoms with Gasteiger partial charge >= 0.3 is 0 Å². The molecule has 2 heterocycles. The van der Waals surface area contributed by atoms with Crippen molar-refractivity contribution in [3.63, 3.8) is 0 Å². The van der Waals surface area contributed by atoms with Gasteiger partial charge in [0.1, 0.15) is 11.4 Å². The fraction of sp³-hybridized carbons (Fsp3) is 0.455. The lowest BCUT2D eigenvalue weighted by molar-refractivity contribution is -0.121. The van der Waals surface area contributed by atoms with Crippen molar-refractivity contribution in [3.8, 4) is 5.69 Å². The van der Waals surface area contributed by atoms with Crippen molar-refractivity contribution in [1.82, 2.24) is 25.4 Å². The quantitative estimate of drug-likeness (QED) is 0.732. The summed E-state index contributed by atoms with van der Waals surface area (Å²) in [4.78, 5) is 12.5. The number of nitrogens with one attached hydrogen (secondary N) is 1. The molecule has 4 rings (SSSR count). The minimum Gasteiger partial charge on any atom is -0.349 e. The largest absolute Gasteiger partial charge is 0.349 e. The number of rotatable bonds is 4. The third kappa shape index (κ3) is 3.95. The molecule has 0 saturated heterocycles. The van der Waals surface area contributed by atoms with Gasteiger partial charge in [-0.3, -0.25) is 4.79 Å². The summed E-state index contributed by atoms with van der Waals surface area (Å²) in [5.74, 6) is -0.0797. The van der Waals surface area contributed by atoms with Gasteiger partial charge in [-0.25, -0.2) is 9.31 Å². The van der Waals surface area contributed by atoms with E-state index in [0.29, 0.717) is 11.4 Å². The van der Waals surface area contributed by atoms with Crippen LogP contribution in [-0.4, -0.2) is 26.0 Å². The van der Waals surface area contributed by atoms with Gasteiger partial charge in [0.2, 0.25) is 5.91 Å². The minimum absolute atomic E-state index is 0.0333. The molecule has 0 saturated carbocycles. The Morgan fingerprint density at radius 3 is 2.66 bits per heavy atom. The fourth-order valence-electron chi connectivity index (χ4n) is 3.84. The minimum atomic E-state index is -0.0797. The summed E-state index contributed by atoms with van der Waals surface area (Å²) in [5, 5.41) is 15.3. The topological polar surface area (TPSA) is 85.8 Å². The lowest BCUT2D eigenvalue weighted by Crippen LogP contribution is -2.32. The zero-order valence-corrected chi connectivity index (χ0v) is 17.4. The first-order valence-electron chi connectivity index (χ1n) is 10.1. The summed E-state index contributed by atoms with van der Waals surface area (Å²) in [6.07, 6.45) is 4.93. The summed E-state index contributed by atoms with van der Waals surface area (Å²) in [6.45, 7) is 8.41. The molecule has 0 aliphatic heterocycles. The number of fused-ring (bicyclic) bond motifs is 1. The van der Waals surface area contributed by atoms with E-state index in [1.54, 1.807) is 6.92 Å². The highest BCUT2D eigenvalue weighted by atomic mass is 16.6.